The van der Waals surface area contributed by atoms with Crippen molar-refractivity contribution in [1.82, 2.24) is 0 Å². The highest BCUT2D eigenvalue weighted by molar-refractivity contribution is 6.32. The Bertz CT molecular complexity index is 452. The van der Waals surface area contributed by atoms with E-state index in [0.717, 1.165) is 6.42 Å². The number of nitrogens with one attached hydrogen (secondary N) is 1. The van der Waals surface area contributed by atoms with Crippen LogP contribution >= 0.6 is 11.6 Å². The normalized spacial score (nSPS) is 11.8. The summed E-state index contributed by atoms with van der Waals surface area (Å²) in [6.07, 6.45) is 1.47. The summed E-state index contributed by atoms with van der Waals surface area (Å²) in [6, 6.07) is 2.65. The lowest BCUT2D eigenvalue weighted by Crippen LogP contribution is -2.35. The molecule has 5 nitrogen and oxygen atoms in total. The Balaban J connectivity index is 2.96. The van der Waals surface area contributed by atoms with Crippen molar-refractivity contribution in [2.45, 2.75) is 25.8 Å². The van der Waals surface area contributed by atoms with Crippen LogP contribution in [0.15, 0.2) is 12.1 Å². The van der Waals surface area contributed by atoms with Crippen LogP contribution in [0.2, 0.25) is 5.02 Å². The number of benzene rings is 1. The highest BCUT2D eigenvalue weighted by Gasteiger charge is 2.16. The van der Waals surface area contributed by atoms with E-state index >= 15 is 0 Å². The fourth-order valence-electron chi connectivity index (χ4n) is 1.63. The highest BCUT2D eigenvalue weighted by Crippen LogP contribution is 2.35. The third-order valence-electron chi connectivity index (χ3n) is 2.67. The van der Waals surface area contributed by atoms with Gasteiger partial charge in [-0.15, -0.1) is 0 Å². The Hall–Kier alpha value is -1.46. The van der Waals surface area contributed by atoms with Gasteiger partial charge in [0.05, 0.1) is 31.0 Å². The third kappa shape index (κ3) is 4.01. The Morgan fingerprint density at radius 3 is 2.53 bits per heavy atom. The van der Waals surface area contributed by atoms with Gasteiger partial charge in [-0.3, -0.25) is 4.79 Å². The monoisotopic (exact) mass is 286 g/mol. The summed E-state index contributed by atoms with van der Waals surface area (Å²) < 4.78 is 10.3. The summed E-state index contributed by atoms with van der Waals surface area (Å²) in [6.45, 7) is 1.97. The van der Waals surface area contributed by atoms with Crippen molar-refractivity contribution in [3.05, 3.63) is 17.2 Å². The Morgan fingerprint density at radius 1 is 1.37 bits per heavy atom. The molecule has 0 bridgehead atoms. The third-order valence-corrected chi connectivity index (χ3v) is 2.96. The number of nitrogens with two attached hydrogens (primary N) is 1. The van der Waals surface area contributed by atoms with Crippen LogP contribution in [-0.4, -0.2) is 26.2 Å². The second-order valence-electron chi connectivity index (χ2n) is 4.07. The van der Waals surface area contributed by atoms with Crippen molar-refractivity contribution in [2.24, 2.45) is 5.73 Å². The van der Waals surface area contributed by atoms with Crippen molar-refractivity contribution in [3.63, 3.8) is 0 Å². The molecule has 0 spiro atoms. The molecule has 19 heavy (non-hydrogen) atoms. The van der Waals surface area contributed by atoms with Crippen molar-refractivity contribution >= 4 is 23.2 Å². The van der Waals surface area contributed by atoms with Crippen LogP contribution in [0.3, 0.4) is 0 Å². The number of carbonyl (C=O) groups is 1. The molecule has 1 aromatic carbocycles. The number of ether oxygens (including phenoxy) is 2. The first kappa shape index (κ1) is 15.6. The topological polar surface area (TPSA) is 73.6 Å². The molecule has 0 saturated heterocycles. The first-order chi connectivity index (χ1) is 9.03. The van der Waals surface area contributed by atoms with Gasteiger partial charge in [-0.1, -0.05) is 24.9 Å². The second kappa shape index (κ2) is 7.21. The van der Waals surface area contributed by atoms with Crippen LogP contribution in [0, 0.1) is 0 Å². The van der Waals surface area contributed by atoms with Crippen LogP contribution in [0.25, 0.3) is 0 Å². The zero-order valence-corrected chi connectivity index (χ0v) is 12.1. The number of carbonyl (C=O) groups excluding carboxylic acids is 1. The minimum atomic E-state index is -0.545. The summed E-state index contributed by atoms with van der Waals surface area (Å²) in [5, 5.41) is 3.13. The van der Waals surface area contributed by atoms with Crippen LogP contribution < -0.4 is 20.5 Å². The van der Waals surface area contributed by atoms with Gasteiger partial charge >= 0.3 is 0 Å². The summed E-state index contributed by atoms with van der Waals surface area (Å²) in [5.41, 5.74) is 6.24. The van der Waals surface area contributed by atoms with Gasteiger partial charge in [-0.2, -0.15) is 0 Å². The molecule has 0 aliphatic heterocycles. The van der Waals surface area contributed by atoms with Gasteiger partial charge in [-0.25, -0.2) is 0 Å². The van der Waals surface area contributed by atoms with Crippen molar-refractivity contribution in [2.75, 3.05) is 19.5 Å². The number of hydrogen-bond donors (Lipinski definition) is 2. The lowest BCUT2D eigenvalue weighted by molar-refractivity contribution is -0.117. The molecule has 1 atom stereocenters. The lowest BCUT2D eigenvalue weighted by atomic mass is 10.1. The molecule has 0 aliphatic carbocycles. The average molecular weight is 287 g/mol. The molecular weight excluding hydrogens is 268 g/mol. The Labute approximate surface area is 118 Å². The molecule has 0 aliphatic rings. The van der Waals surface area contributed by atoms with Crippen molar-refractivity contribution < 1.29 is 14.3 Å². The molecule has 0 heterocycles. The zero-order valence-electron chi connectivity index (χ0n) is 11.3. The molecule has 1 unspecified atom stereocenters. The quantitative estimate of drug-likeness (QED) is 0.842. The number of amides is 1. The van der Waals surface area contributed by atoms with Crippen molar-refractivity contribution in [1.29, 1.82) is 0 Å². The average Bonchev–Trinajstić information content (AvgIpc) is 2.40. The van der Waals surface area contributed by atoms with Gasteiger partial charge in [0.1, 0.15) is 11.5 Å². The minimum absolute atomic E-state index is 0.260. The van der Waals surface area contributed by atoms with E-state index in [9.17, 15) is 4.79 Å². The lowest BCUT2D eigenvalue weighted by Gasteiger charge is -2.15. The predicted molar refractivity (Wildman–Crippen MR) is 76.1 cm³/mol. The smallest absolute Gasteiger partial charge is 0.241 e. The van der Waals surface area contributed by atoms with Gasteiger partial charge in [-0.05, 0) is 6.42 Å². The van der Waals surface area contributed by atoms with E-state index in [2.05, 4.69) is 5.32 Å². The maximum Gasteiger partial charge on any atom is 0.241 e. The van der Waals surface area contributed by atoms with Gasteiger partial charge in [0.2, 0.25) is 5.91 Å². The van der Waals surface area contributed by atoms with Crippen LogP contribution in [0.4, 0.5) is 5.69 Å². The molecule has 0 radical (unpaired) electrons. The number of rotatable bonds is 6. The fraction of sp³-hybridized carbons (Fsp3) is 0.462. The molecule has 0 saturated carbocycles. The van der Waals surface area contributed by atoms with E-state index < -0.39 is 6.04 Å². The highest BCUT2D eigenvalue weighted by atomic mass is 35.5. The van der Waals surface area contributed by atoms with E-state index in [1.165, 1.54) is 14.2 Å². The number of anilines is 1. The molecule has 6 heteroatoms. The fourth-order valence-corrected chi connectivity index (χ4v) is 1.86. The molecule has 1 aromatic rings. The Kier molecular flexibility index (Phi) is 5.92. The molecule has 0 fully saturated rings. The van der Waals surface area contributed by atoms with E-state index in [1.54, 1.807) is 12.1 Å². The van der Waals surface area contributed by atoms with E-state index in [0.29, 0.717) is 28.6 Å². The first-order valence-corrected chi connectivity index (χ1v) is 6.39. The maximum absolute atomic E-state index is 11.9. The molecule has 1 rings (SSSR count). The van der Waals surface area contributed by atoms with Crippen LogP contribution in [-0.2, 0) is 4.79 Å². The maximum atomic E-state index is 11.9. The zero-order chi connectivity index (χ0) is 14.4. The summed E-state index contributed by atoms with van der Waals surface area (Å²) >= 11 is 5.99. The molecule has 0 aromatic heterocycles. The van der Waals surface area contributed by atoms with Crippen LogP contribution in [0.1, 0.15) is 19.8 Å². The van der Waals surface area contributed by atoms with Gasteiger partial charge < -0.3 is 20.5 Å². The number of hydrogen-bond acceptors (Lipinski definition) is 4. The molecule has 1 amide bonds. The summed E-state index contributed by atoms with van der Waals surface area (Å²) in [5.74, 6) is 0.661. The Morgan fingerprint density at radius 2 is 2.00 bits per heavy atom. The summed E-state index contributed by atoms with van der Waals surface area (Å²) in [7, 11) is 3.00. The SMILES string of the molecule is CCCC(N)C(=O)Nc1cc(OC)c(Cl)cc1OC. The van der Waals surface area contributed by atoms with Gasteiger partial charge in [0.15, 0.2) is 0 Å². The number of halogens is 1. The minimum Gasteiger partial charge on any atom is -0.495 e. The largest absolute Gasteiger partial charge is 0.495 e. The molecule has 106 valence electrons. The van der Waals surface area contributed by atoms with E-state index in [1.807, 2.05) is 6.92 Å². The standard InChI is InChI=1S/C13H19ClN2O3/c1-4-5-9(15)13(17)16-10-7-11(18-2)8(14)6-12(10)19-3/h6-7,9H,4-5,15H2,1-3H3,(H,16,17). The van der Waals surface area contributed by atoms with Crippen molar-refractivity contribution in [3.8, 4) is 11.5 Å². The van der Waals surface area contributed by atoms with Gasteiger partial charge in [0, 0.05) is 12.1 Å². The summed E-state index contributed by atoms with van der Waals surface area (Å²) in [4.78, 5) is 11.9. The molecule has 3 N–H and O–H groups in total. The van der Waals surface area contributed by atoms with E-state index in [4.69, 9.17) is 26.8 Å². The van der Waals surface area contributed by atoms with E-state index in [-0.39, 0.29) is 5.91 Å². The van der Waals surface area contributed by atoms with Crippen LogP contribution in [0.5, 0.6) is 11.5 Å². The predicted octanol–water partition coefficient (Wildman–Crippen LogP) is 2.42. The second-order valence-corrected chi connectivity index (χ2v) is 4.48. The molecular formula is C13H19ClN2O3. The number of methoxy groups -OCH3 is 2. The van der Waals surface area contributed by atoms with Gasteiger partial charge in [0.25, 0.3) is 0 Å². The first-order valence-electron chi connectivity index (χ1n) is 6.01.